The molecule has 2 rings (SSSR count). The number of para-hydroxylation sites is 1. The van der Waals surface area contributed by atoms with Gasteiger partial charge in [0.15, 0.2) is 0 Å². The number of hydrogen-bond donors (Lipinski definition) is 3. The molecule has 0 unspecified atom stereocenters. The van der Waals surface area contributed by atoms with Crippen LogP contribution in [0.4, 0.5) is 0 Å². The first-order chi connectivity index (χ1) is 7.09. The third-order valence-corrected chi connectivity index (χ3v) is 3.51. The van der Waals surface area contributed by atoms with Gasteiger partial charge in [-0.05, 0) is 18.9 Å². The summed E-state index contributed by atoms with van der Waals surface area (Å²) in [6, 6.07) is 5.25. The molecule has 1 aromatic carbocycles. The Morgan fingerprint density at radius 3 is 2.67 bits per heavy atom. The Balaban J connectivity index is 2.40. The summed E-state index contributed by atoms with van der Waals surface area (Å²) in [6.07, 6.45) is 0.876. The van der Waals surface area contributed by atoms with Gasteiger partial charge in [0.1, 0.15) is 5.75 Å². The zero-order valence-corrected chi connectivity index (χ0v) is 9.04. The lowest BCUT2D eigenvalue weighted by Gasteiger charge is -2.45. The topological polar surface area (TPSA) is 66.5 Å². The predicted molar refractivity (Wildman–Crippen MR) is 59.1 cm³/mol. The zero-order chi connectivity index (χ0) is 11.1. The summed E-state index contributed by atoms with van der Waals surface area (Å²) in [7, 11) is 0. The van der Waals surface area contributed by atoms with Crippen LogP contribution in [0.25, 0.3) is 0 Å². The average molecular weight is 228 g/mol. The highest BCUT2D eigenvalue weighted by atomic mass is 35.5. The van der Waals surface area contributed by atoms with Crippen LogP contribution >= 0.6 is 11.6 Å². The van der Waals surface area contributed by atoms with Crippen LogP contribution in [-0.2, 0) is 5.41 Å². The Kier molecular flexibility index (Phi) is 2.63. The molecule has 0 saturated heterocycles. The maximum absolute atomic E-state index is 9.85. The molecule has 1 saturated carbocycles. The molecule has 0 atom stereocenters. The van der Waals surface area contributed by atoms with E-state index in [1.807, 2.05) is 6.07 Å². The molecule has 0 amide bonds. The molecule has 1 aromatic rings. The normalized spacial score (nSPS) is 29.9. The van der Waals surface area contributed by atoms with Crippen LogP contribution in [-0.4, -0.2) is 22.9 Å². The van der Waals surface area contributed by atoms with E-state index in [4.69, 9.17) is 17.3 Å². The van der Waals surface area contributed by atoms with Gasteiger partial charge in [0.2, 0.25) is 0 Å². The average Bonchev–Trinajstić information content (AvgIpc) is 2.17. The molecule has 1 aliphatic rings. The van der Waals surface area contributed by atoms with Crippen molar-refractivity contribution < 1.29 is 10.2 Å². The van der Waals surface area contributed by atoms with E-state index in [9.17, 15) is 10.2 Å². The van der Waals surface area contributed by atoms with Crippen molar-refractivity contribution in [1.29, 1.82) is 0 Å². The maximum Gasteiger partial charge on any atom is 0.137 e. The van der Waals surface area contributed by atoms with Crippen molar-refractivity contribution in [2.75, 3.05) is 6.54 Å². The third-order valence-electron chi connectivity index (χ3n) is 3.20. The summed E-state index contributed by atoms with van der Waals surface area (Å²) in [5, 5.41) is 19.5. The highest BCUT2D eigenvalue weighted by Crippen LogP contribution is 2.47. The van der Waals surface area contributed by atoms with E-state index in [-0.39, 0.29) is 17.3 Å². The number of aliphatic hydroxyl groups excluding tert-OH is 1. The predicted octanol–water partition coefficient (Wildman–Crippen LogP) is 1.40. The van der Waals surface area contributed by atoms with Crippen LogP contribution in [0.1, 0.15) is 18.4 Å². The SMILES string of the molecule is NCC1(c2cccc(Cl)c2O)CC(O)C1. The summed E-state index contributed by atoms with van der Waals surface area (Å²) in [5.41, 5.74) is 6.17. The molecule has 0 bridgehead atoms. The second-order valence-corrected chi connectivity index (χ2v) is 4.59. The summed E-state index contributed by atoms with van der Waals surface area (Å²) < 4.78 is 0. The molecule has 1 aliphatic carbocycles. The first-order valence-electron chi connectivity index (χ1n) is 4.95. The summed E-state index contributed by atoms with van der Waals surface area (Å²) in [4.78, 5) is 0. The highest BCUT2D eigenvalue weighted by molar-refractivity contribution is 6.32. The molecule has 0 aromatic heterocycles. The first-order valence-corrected chi connectivity index (χ1v) is 5.33. The van der Waals surface area contributed by atoms with Gasteiger partial charge < -0.3 is 15.9 Å². The number of rotatable bonds is 2. The highest BCUT2D eigenvalue weighted by Gasteiger charge is 2.45. The van der Waals surface area contributed by atoms with Gasteiger partial charge in [-0.1, -0.05) is 23.7 Å². The molecule has 0 radical (unpaired) electrons. The lowest BCUT2D eigenvalue weighted by atomic mass is 9.62. The van der Waals surface area contributed by atoms with Gasteiger partial charge in [-0.3, -0.25) is 0 Å². The molecule has 4 heteroatoms. The minimum absolute atomic E-state index is 0.0940. The Hall–Kier alpha value is -0.770. The van der Waals surface area contributed by atoms with E-state index in [1.54, 1.807) is 12.1 Å². The number of hydrogen-bond acceptors (Lipinski definition) is 3. The van der Waals surface area contributed by atoms with Crippen LogP contribution in [0.2, 0.25) is 5.02 Å². The van der Waals surface area contributed by atoms with E-state index in [0.717, 1.165) is 5.56 Å². The quantitative estimate of drug-likeness (QED) is 0.716. The monoisotopic (exact) mass is 227 g/mol. The number of benzene rings is 1. The maximum atomic E-state index is 9.85. The second kappa shape index (κ2) is 3.67. The van der Waals surface area contributed by atoms with Gasteiger partial charge in [-0.15, -0.1) is 0 Å². The number of nitrogens with two attached hydrogens (primary N) is 1. The van der Waals surface area contributed by atoms with Crippen LogP contribution in [0.5, 0.6) is 5.75 Å². The fourth-order valence-electron chi connectivity index (χ4n) is 2.28. The molecular formula is C11H14ClNO2. The van der Waals surface area contributed by atoms with Gasteiger partial charge in [-0.25, -0.2) is 0 Å². The molecule has 3 nitrogen and oxygen atoms in total. The fourth-order valence-corrected chi connectivity index (χ4v) is 2.46. The minimum atomic E-state index is -0.313. The van der Waals surface area contributed by atoms with Gasteiger partial charge in [0, 0.05) is 17.5 Å². The van der Waals surface area contributed by atoms with Crippen LogP contribution in [0.3, 0.4) is 0 Å². The smallest absolute Gasteiger partial charge is 0.137 e. The molecule has 15 heavy (non-hydrogen) atoms. The van der Waals surface area contributed by atoms with Gasteiger partial charge in [0.05, 0.1) is 11.1 Å². The molecule has 0 aliphatic heterocycles. The van der Waals surface area contributed by atoms with E-state index in [1.165, 1.54) is 0 Å². The first kappa shape index (κ1) is 10.7. The van der Waals surface area contributed by atoms with E-state index >= 15 is 0 Å². The van der Waals surface area contributed by atoms with Crippen LogP contribution < -0.4 is 5.73 Å². The number of halogens is 1. The standard InChI is InChI=1S/C11H14ClNO2/c12-9-3-1-2-8(10(9)15)11(6-13)4-7(14)5-11/h1-3,7,14-15H,4-6,13H2. The lowest BCUT2D eigenvalue weighted by molar-refractivity contribution is 0.0211. The van der Waals surface area contributed by atoms with Crippen molar-refractivity contribution in [2.45, 2.75) is 24.4 Å². The number of aromatic hydroxyl groups is 1. The van der Waals surface area contributed by atoms with Gasteiger partial charge >= 0.3 is 0 Å². The van der Waals surface area contributed by atoms with Crippen molar-refractivity contribution in [3.63, 3.8) is 0 Å². The van der Waals surface area contributed by atoms with Gasteiger partial charge in [-0.2, -0.15) is 0 Å². The third kappa shape index (κ3) is 1.61. The van der Waals surface area contributed by atoms with Crippen LogP contribution in [0, 0.1) is 0 Å². The Labute approximate surface area is 93.5 Å². The molecule has 1 fully saturated rings. The van der Waals surface area contributed by atoms with Crippen molar-refractivity contribution in [3.05, 3.63) is 28.8 Å². The molecule has 0 heterocycles. The molecule has 4 N–H and O–H groups in total. The number of aliphatic hydroxyl groups is 1. The lowest BCUT2D eigenvalue weighted by Crippen LogP contribution is -2.49. The Bertz CT molecular complexity index is 375. The Morgan fingerprint density at radius 1 is 1.47 bits per heavy atom. The van der Waals surface area contributed by atoms with E-state index in [0.29, 0.717) is 24.4 Å². The fraction of sp³-hybridized carbons (Fsp3) is 0.455. The van der Waals surface area contributed by atoms with Gasteiger partial charge in [0.25, 0.3) is 0 Å². The summed E-state index contributed by atoms with van der Waals surface area (Å²) in [5.74, 6) is 0.0940. The molecule has 0 spiro atoms. The van der Waals surface area contributed by atoms with Crippen molar-refractivity contribution in [3.8, 4) is 5.75 Å². The Morgan fingerprint density at radius 2 is 2.13 bits per heavy atom. The molecular weight excluding hydrogens is 214 g/mol. The second-order valence-electron chi connectivity index (χ2n) is 4.18. The number of phenolic OH excluding ortho intramolecular Hbond substituents is 1. The number of phenols is 1. The van der Waals surface area contributed by atoms with Crippen molar-refractivity contribution in [2.24, 2.45) is 5.73 Å². The summed E-state index contributed by atoms with van der Waals surface area (Å²) in [6.45, 7) is 0.415. The van der Waals surface area contributed by atoms with E-state index < -0.39 is 0 Å². The van der Waals surface area contributed by atoms with Crippen LogP contribution in [0.15, 0.2) is 18.2 Å². The zero-order valence-electron chi connectivity index (χ0n) is 8.28. The summed E-state index contributed by atoms with van der Waals surface area (Å²) >= 11 is 5.84. The van der Waals surface area contributed by atoms with Crippen molar-refractivity contribution in [1.82, 2.24) is 0 Å². The van der Waals surface area contributed by atoms with Crippen molar-refractivity contribution >= 4 is 11.6 Å². The largest absolute Gasteiger partial charge is 0.506 e. The van der Waals surface area contributed by atoms with E-state index in [2.05, 4.69) is 0 Å². The molecule has 82 valence electrons. The minimum Gasteiger partial charge on any atom is -0.506 e.